The summed E-state index contributed by atoms with van der Waals surface area (Å²) in [6.07, 6.45) is 0.583. The molecule has 0 aromatic heterocycles. The van der Waals surface area contributed by atoms with E-state index in [1.165, 1.54) is 0 Å². The van der Waals surface area contributed by atoms with E-state index in [0.29, 0.717) is 48.3 Å². The van der Waals surface area contributed by atoms with Crippen LogP contribution in [-0.4, -0.2) is 62.9 Å². The highest BCUT2D eigenvalue weighted by Gasteiger charge is 2.48. The van der Waals surface area contributed by atoms with Gasteiger partial charge in [-0.3, -0.25) is 0 Å². The van der Waals surface area contributed by atoms with Crippen LogP contribution in [0.15, 0.2) is 0 Å². The average Bonchev–Trinajstić information content (AvgIpc) is 2.55. The van der Waals surface area contributed by atoms with Gasteiger partial charge >= 0.3 is 0 Å². The zero-order chi connectivity index (χ0) is 16.5. The fourth-order valence-electron chi connectivity index (χ4n) is 2.13. The molecule has 116 valence electrons. The highest BCUT2D eigenvalue weighted by molar-refractivity contribution is 7.34. The van der Waals surface area contributed by atoms with Crippen molar-refractivity contribution in [3.8, 4) is 0 Å². The summed E-state index contributed by atoms with van der Waals surface area (Å²) in [5, 5.41) is 2.88. The molecule has 0 aromatic carbocycles. The number of hydrogen-bond acceptors (Lipinski definition) is 7. The number of carbonyl (C=O) groups excluding carboxylic acids is 6. The minimum Gasteiger partial charge on any atom is -0.313 e. The lowest BCUT2D eigenvalue weighted by Gasteiger charge is -2.32. The van der Waals surface area contributed by atoms with Gasteiger partial charge in [-0.05, 0) is 12.8 Å². The summed E-state index contributed by atoms with van der Waals surface area (Å²) >= 11 is 0. The molecule has 0 heterocycles. The first-order chi connectivity index (χ1) is 9.99. The van der Waals surface area contributed by atoms with Gasteiger partial charge in [-0.25, -0.2) is 0 Å². The number of carbonyl (C=O) groups is 6. The van der Waals surface area contributed by atoms with Crippen LogP contribution in [0.5, 0.6) is 0 Å². The first kappa shape index (κ1) is 19.4. The minimum absolute atomic E-state index is 0.292. The Morgan fingerprint density at radius 3 is 1.05 bits per heavy atom. The van der Waals surface area contributed by atoms with Crippen molar-refractivity contribution in [1.82, 2.24) is 5.32 Å². The van der Waals surface area contributed by atoms with Gasteiger partial charge in [0.05, 0.1) is 0 Å². The monoisotopic (exact) mass is 329 g/mol. The van der Waals surface area contributed by atoms with Gasteiger partial charge in [-0.1, -0.05) is 13.8 Å². The van der Waals surface area contributed by atoms with Crippen LogP contribution in [0.1, 0.15) is 26.7 Å². The highest BCUT2D eigenvalue weighted by Crippen LogP contribution is 2.12. The maximum atomic E-state index is 11.2. The van der Waals surface area contributed by atoms with Crippen molar-refractivity contribution in [2.24, 2.45) is 0 Å². The molecule has 0 aliphatic heterocycles. The molecule has 0 saturated carbocycles. The van der Waals surface area contributed by atoms with Crippen LogP contribution < -0.4 is 5.32 Å². The molecule has 0 amide bonds. The quantitative estimate of drug-likeness (QED) is 0.351. The molecule has 0 spiro atoms. The second kappa shape index (κ2) is 8.65. The maximum absolute atomic E-state index is 11.2. The molecule has 0 aromatic rings. The van der Waals surface area contributed by atoms with Crippen LogP contribution in [0, 0.1) is 0 Å². The summed E-state index contributed by atoms with van der Waals surface area (Å²) < 4.78 is 0. The Balaban J connectivity index is 5.62. The van der Waals surface area contributed by atoms with Crippen LogP contribution >= 0.6 is 0 Å². The Morgan fingerprint density at radius 2 is 0.905 bits per heavy atom. The van der Waals surface area contributed by atoms with E-state index in [4.69, 9.17) is 0 Å². The molecule has 0 aliphatic carbocycles. The van der Waals surface area contributed by atoms with Crippen molar-refractivity contribution in [2.45, 2.75) is 38.0 Å². The average molecular weight is 329 g/mol. The number of rotatable bonds is 12. The summed E-state index contributed by atoms with van der Waals surface area (Å²) in [5.74, 6) is 2.21. The van der Waals surface area contributed by atoms with Gasteiger partial charge < -0.3 is 34.1 Å². The lowest BCUT2D eigenvalue weighted by Crippen LogP contribution is -2.68. The van der Waals surface area contributed by atoms with Gasteiger partial charge in [0.1, 0.15) is 35.5 Å². The van der Waals surface area contributed by atoms with E-state index >= 15 is 0 Å². The third-order valence-electron chi connectivity index (χ3n) is 3.65. The van der Waals surface area contributed by atoms with Gasteiger partial charge in [0.15, 0.2) is 0 Å². The van der Waals surface area contributed by atoms with E-state index in [2.05, 4.69) is 5.32 Å². The van der Waals surface area contributed by atoms with Crippen molar-refractivity contribution in [3.05, 3.63) is 0 Å². The zero-order valence-corrected chi connectivity index (χ0v) is 14.0. The van der Waals surface area contributed by atoms with Gasteiger partial charge in [-0.15, -0.1) is 0 Å². The van der Waals surface area contributed by atoms with Crippen LogP contribution in [0.4, 0.5) is 0 Å². The van der Waals surface area contributed by atoms with E-state index in [-0.39, 0.29) is 0 Å². The van der Waals surface area contributed by atoms with E-state index in [1.807, 2.05) is 0 Å². The third kappa shape index (κ3) is 3.74. The minimum atomic E-state index is -3.52. The molecule has 2 unspecified atom stereocenters. The van der Waals surface area contributed by atoms with E-state index in [9.17, 15) is 28.8 Å². The highest BCUT2D eigenvalue weighted by atomic mass is 28.3. The van der Waals surface area contributed by atoms with Crippen LogP contribution in [-0.2, 0) is 28.8 Å². The van der Waals surface area contributed by atoms with Gasteiger partial charge in [0.25, 0.3) is 16.1 Å². The smallest absolute Gasteiger partial charge is 0.283 e. The number of nitrogens with one attached hydrogen (secondary N) is 1. The molecule has 2 atom stereocenters. The SMILES string of the molecule is CCC(NC(CC)[Si](C=O)(C=O)C=O)[Si](C=O)(C=O)C=O. The third-order valence-corrected chi connectivity index (χ3v) is 9.66. The predicted molar refractivity (Wildman–Crippen MR) is 83.3 cm³/mol. The number of hydrogen-bond donors (Lipinski definition) is 1. The molecule has 1 N–H and O–H groups in total. The van der Waals surface area contributed by atoms with Crippen molar-refractivity contribution in [3.63, 3.8) is 0 Å². The molecule has 0 radical (unpaired) electrons. The van der Waals surface area contributed by atoms with Gasteiger partial charge in [0, 0.05) is 11.3 Å². The second-order valence-corrected chi connectivity index (χ2v) is 11.6. The molecule has 21 heavy (non-hydrogen) atoms. The fourth-order valence-corrected chi connectivity index (χ4v) is 6.01. The second-order valence-electron chi connectivity index (χ2n) is 4.80. The van der Waals surface area contributed by atoms with E-state index in [1.54, 1.807) is 13.8 Å². The van der Waals surface area contributed by atoms with Crippen LogP contribution in [0.2, 0.25) is 0 Å². The summed E-state index contributed by atoms with van der Waals surface area (Å²) in [7, 11) is -7.04. The molecular formula is C12H19NO6Si2. The summed E-state index contributed by atoms with van der Waals surface area (Å²) in [6.45, 7) is 3.35. The zero-order valence-electron chi connectivity index (χ0n) is 12.0. The molecule has 7 nitrogen and oxygen atoms in total. The van der Waals surface area contributed by atoms with Gasteiger partial charge in [0.2, 0.25) is 0 Å². The molecule has 0 fully saturated rings. The largest absolute Gasteiger partial charge is 0.313 e. The Kier molecular flexibility index (Phi) is 7.99. The Hall–Kier alpha value is -1.59. The van der Waals surface area contributed by atoms with Gasteiger partial charge in [-0.2, -0.15) is 0 Å². The summed E-state index contributed by atoms with van der Waals surface area (Å²) in [6, 6.07) is 0. The lowest BCUT2D eigenvalue weighted by molar-refractivity contribution is 0.525. The Labute approximate surface area is 124 Å². The van der Waals surface area contributed by atoms with Crippen molar-refractivity contribution >= 4 is 51.6 Å². The topological polar surface area (TPSA) is 114 Å². The van der Waals surface area contributed by atoms with E-state index < -0.39 is 27.5 Å². The fraction of sp³-hybridized carbons (Fsp3) is 0.500. The molecule has 9 heteroatoms. The molecule has 0 aliphatic rings. The molecule has 0 saturated heterocycles. The van der Waals surface area contributed by atoms with Crippen LogP contribution in [0.25, 0.3) is 0 Å². The summed E-state index contributed by atoms with van der Waals surface area (Å²) in [5.41, 5.74) is -1.50. The summed E-state index contributed by atoms with van der Waals surface area (Å²) in [4.78, 5) is 67.1. The first-order valence-corrected chi connectivity index (χ1v) is 11.2. The van der Waals surface area contributed by atoms with Crippen molar-refractivity contribution < 1.29 is 28.8 Å². The first-order valence-electron chi connectivity index (χ1n) is 6.53. The Bertz CT molecular complexity index is 346. The molecular weight excluding hydrogens is 310 g/mol. The standard InChI is InChI=1S/C12H19NO6Si2/c1-3-11(20(5-14,6-15)7-16)13-12(4-2)21(8-17,9-18)10-19/h5-13H,3-4H2,1-2H3. The normalized spacial score (nSPS) is 14.6. The molecule has 0 bridgehead atoms. The van der Waals surface area contributed by atoms with Crippen molar-refractivity contribution in [2.75, 3.05) is 0 Å². The predicted octanol–water partition coefficient (Wildman–Crippen LogP) is -1.26. The maximum Gasteiger partial charge on any atom is 0.283 e. The Morgan fingerprint density at radius 1 is 0.667 bits per heavy atom. The van der Waals surface area contributed by atoms with E-state index in [0.717, 1.165) is 0 Å². The molecule has 0 rings (SSSR count). The van der Waals surface area contributed by atoms with Crippen molar-refractivity contribution in [1.29, 1.82) is 0 Å². The lowest BCUT2D eigenvalue weighted by atomic mass is 10.4. The van der Waals surface area contributed by atoms with Crippen LogP contribution in [0.3, 0.4) is 0 Å².